The standard InChI is InChI=1S/C11H24N2O2/c1-8(2)11(5,15)7-12-6-10(14)13-9(3)4/h8-9,12,15H,6-7H2,1-5H3,(H,13,14). The average molecular weight is 216 g/mol. The van der Waals surface area contributed by atoms with Crippen molar-refractivity contribution in [2.45, 2.75) is 46.3 Å². The lowest BCUT2D eigenvalue weighted by Crippen LogP contribution is -2.46. The maximum Gasteiger partial charge on any atom is 0.234 e. The van der Waals surface area contributed by atoms with Crippen molar-refractivity contribution < 1.29 is 9.90 Å². The van der Waals surface area contributed by atoms with Crippen LogP contribution < -0.4 is 10.6 Å². The average Bonchev–Trinajstić information content (AvgIpc) is 2.01. The highest BCUT2D eigenvalue weighted by Crippen LogP contribution is 2.13. The van der Waals surface area contributed by atoms with Gasteiger partial charge in [0, 0.05) is 12.6 Å². The number of carbonyl (C=O) groups excluding carboxylic acids is 1. The number of hydrogen-bond acceptors (Lipinski definition) is 3. The smallest absolute Gasteiger partial charge is 0.234 e. The van der Waals surface area contributed by atoms with Gasteiger partial charge in [0.2, 0.25) is 5.91 Å². The van der Waals surface area contributed by atoms with Crippen LogP contribution in [-0.2, 0) is 4.79 Å². The minimum absolute atomic E-state index is 0.0374. The molecule has 0 heterocycles. The maximum atomic E-state index is 11.3. The number of rotatable bonds is 6. The minimum atomic E-state index is -0.766. The second-order valence-corrected chi connectivity index (χ2v) is 4.84. The molecule has 0 radical (unpaired) electrons. The molecule has 0 aromatic rings. The summed E-state index contributed by atoms with van der Waals surface area (Å²) in [5, 5.41) is 15.6. The van der Waals surface area contributed by atoms with E-state index >= 15 is 0 Å². The lowest BCUT2D eigenvalue weighted by molar-refractivity contribution is -0.120. The Balaban J connectivity index is 3.75. The van der Waals surface area contributed by atoms with Crippen molar-refractivity contribution in [1.29, 1.82) is 0 Å². The summed E-state index contributed by atoms with van der Waals surface area (Å²) in [5.74, 6) is 0.128. The van der Waals surface area contributed by atoms with Crippen LogP contribution >= 0.6 is 0 Å². The van der Waals surface area contributed by atoms with Crippen molar-refractivity contribution in [3.8, 4) is 0 Å². The van der Waals surface area contributed by atoms with Crippen LogP contribution in [0.2, 0.25) is 0 Å². The molecule has 90 valence electrons. The van der Waals surface area contributed by atoms with Crippen LogP contribution in [0.4, 0.5) is 0 Å². The molecule has 3 N–H and O–H groups in total. The molecule has 0 saturated carbocycles. The van der Waals surface area contributed by atoms with Gasteiger partial charge < -0.3 is 15.7 Å². The summed E-state index contributed by atoms with van der Waals surface area (Å²) < 4.78 is 0. The summed E-state index contributed by atoms with van der Waals surface area (Å²) in [5.41, 5.74) is -0.766. The van der Waals surface area contributed by atoms with Gasteiger partial charge in [0.15, 0.2) is 0 Å². The molecule has 15 heavy (non-hydrogen) atoms. The summed E-state index contributed by atoms with van der Waals surface area (Å²) in [6.07, 6.45) is 0. The number of carbonyl (C=O) groups is 1. The molecule has 4 nitrogen and oxygen atoms in total. The van der Waals surface area contributed by atoms with Gasteiger partial charge in [0.25, 0.3) is 0 Å². The Morgan fingerprint density at radius 2 is 1.87 bits per heavy atom. The predicted octanol–water partition coefficient (Wildman–Crippen LogP) is 0.508. The molecule has 1 atom stereocenters. The first-order valence-electron chi connectivity index (χ1n) is 5.48. The van der Waals surface area contributed by atoms with Gasteiger partial charge in [0.1, 0.15) is 0 Å². The Labute approximate surface area is 92.4 Å². The fraction of sp³-hybridized carbons (Fsp3) is 0.909. The summed E-state index contributed by atoms with van der Waals surface area (Å²) in [4.78, 5) is 11.3. The van der Waals surface area contributed by atoms with E-state index in [4.69, 9.17) is 0 Å². The van der Waals surface area contributed by atoms with Gasteiger partial charge in [0.05, 0.1) is 12.1 Å². The van der Waals surface area contributed by atoms with Crippen molar-refractivity contribution in [2.24, 2.45) is 5.92 Å². The molecule has 0 rings (SSSR count). The van der Waals surface area contributed by atoms with Crippen LogP contribution in [0.3, 0.4) is 0 Å². The molecule has 0 spiro atoms. The van der Waals surface area contributed by atoms with Crippen molar-refractivity contribution in [3.63, 3.8) is 0 Å². The largest absolute Gasteiger partial charge is 0.389 e. The Hall–Kier alpha value is -0.610. The Bertz CT molecular complexity index is 201. The maximum absolute atomic E-state index is 11.3. The first-order chi connectivity index (χ1) is 6.75. The predicted molar refractivity (Wildman–Crippen MR) is 61.6 cm³/mol. The molecule has 0 aromatic heterocycles. The lowest BCUT2D eigenvalue weighted by atomic mass is 9.93. The topological polar surface area (TPSA) is 61.4 Å². The van der Waals surface area contributed by atoms with Crippen molar-refractivity contribution in [1.82, 2.24) is 10.6 Å². The fourth-order valence-corrected chi connectivity index (χ4v) is 1.01. The molecule has 0 aliphatic heterocycles. The normalized spacial score (nSPS) is 15.5. The molecule has 0 aliphatic carbocycles. The number of nitrogens with one attached hydrogen (secondary N) is 2. The van der Waals surface area contributed by atoms with Gasteiger partial charge in [-0.05, 0) is 26.7 Å². The fourth-order valence-electron chi connectivity index (χ4n) is 1.01. The van der Waals surface area contributed by atoms with Gasteiger partial charge in [-0.15, -0.1) is 0 Å². The lowest BCUT2D eigenvalue weighted by Gasteiger charge is -2.27. The zero-order valence-electron chi connectivity index (χ0n) is 10.4. The second kappa shape index (κ2) is 6.08. The Morgan fingerprint density at radius 1 is 1.33 bits per heavy atom. The molecular weight excluding hydrogens is 192 g/mol. The van der Waals surface area contributed by atoms with E-state index in [2.05, 4.69) is 10.6 Å². The van der Waals surface area contributed by atoms with Gasteiger partial charge in [-0.1, -0.05) is 13.8 Å². The number of hydrogen-bond donors (Lipinski definition) is 3. The van der Waals surface area contributed by atoms with Gasteiger partial charge >= 0.3 is 0 Å². The van der Waals surface area contributed by atoms with E-state index in [-0.39, 0.29) is 24.4 Å². The van der Waals surface area contributed by atoms with Gasteiger partial charge in [-0.2, -0.15) is 0 Å². The molecule has 0 bridgehead atoms. The van der Waals surface area contributed by atoms with E-state index in [1.54, 1.807) is 6.92 Å². The minimum Gasteiger partial charge on any atom is -0.389 e. The highest BCUT2D eigenvalue weighted by molar-refractivity contribution is 5.78. The zero-order valence-corrected chi connectivity index (χ0v) is 10.4. The third kappa shape index (κ3) is 6.47. The highest BCUT2D eigenvalue weighted by Gasteiger charge is 2.24. The first kappa shape index (κ1) is 14.4. The number of amides is 1. The van der Waals surface area contributed by atoms with Crippen LogP contribution in [0.1, 0.15) is 34.6 Å². The van der Waals surface area contributed by atoms with E-state index in [9.17, 15) is 9.90 Å². The zero-order chi connectivity index (χ0) is 12.1. The van der Waals surface area contributed by atoms with Gasteiger partial charge in [-0.25, -0.2) is 0 Å². The first-order valence-corrected chi connectivity index (χ1v) is 5.48. The Kier molecular flexibility index (Phi) is 5.83. The summed E-state index contributed by atoms with van der Waals surface area (Å²) in [7, 11) is 0. The van der Waals surface area contributed by atoms with E-state index in [1.807, 2.05) is 27.7 Å². The quantitative estimate of drug-likeness (QED) is 0.606. The van der Waals surface area contributed by atoms with Crippen LogP contribution in [0.25, 0.3) is 0 Å². The van der Waals surface area contributed by atoms with Crippen molar-refractivity contribution in [3.05, 3.63) is 0 Å². The Morgan fingerprint density at radius 3 is 2.27 bits per heavy atom. The van der Waals surface area contributed by atoms with Crippen LogP contribution in [0, 0.1) is 5.92 Å². The molecular formula is C11H24N2O2. The van der Waals surface area contributed by atoms with E-state index < -0.39 is 5.60 Å². The second-order valence-electron chi connectivity index (χ2n) is 4.84. The van der Waals surface area contributed by atoms with E-state index in [0.717, 1.165) is 0 Å². The molecule has 0 aliphatic rings. The van der Waals surface area contributed by atoms with Crippen LogP contribution in [0.5, 0.6) is 0 Å². The van der Waals surface area contributed by atoms with E-state index in [1.165, 1.54) is 0 Å². The molecule has 0 fully saturated rings. The summed E-state index contributed by atoms with van der Waals surface area (Å²) in [6.45, 7) is 10.2. The molecule has 1 unspecified atom stereocenters. The SMILES string of the molecule is CC(C)NC(=O)CNCC(C)(O)C(C)C. The van der Waals surface area contributed by atoms with Crippen LogP contribution in [-0.4, -0.2) is 35.7 Å². The van der Waals surface area contributed by atoms with Gasteiger partial charge in [-0.3, -0.25) is 4.79 Å². The number of aliphatic hydroxyl groups is 1. The summed E-state index contributed by atoms with van der Waals surface area (Å²) >= 11 is 0. The van der Waals surface area contributed by atoms with Crippen LogP contribution in [0.15, 0.2) is 0 Å². The molecule has 1 amide bonds. The third-order valence-corrected chi connectivity index (χ3v) is 2.46. The molecule has 4 heteroatoms. The highest BCUT2D eigenvalue weighted by atomic mass is 16.3. The third-order valence-electron chi connectivity index (χ3n) is 2.46. The van der Waals surface area contributed by atoms with Crippen molar-refractivity contribution in [2.75, 3.05) is 13.1 Å². The summed E-state index contributed by atoms with van der Waals surface area (Å²) in [6, 6.07) is 0.157. The van der Waals surface area contributed by atoms with Crippen molar-refractivity contribution >= 4 is 5.91 Å². The monoisotopic (exact) mass is 216 g/mol. The molecule has 0 aromatic carbocycles. The molecule has 0 saturated heterocycles. The van der Waals surface area contributed by atoms with E-state index in [0.29, 0.717) is 6.54 Å².